The summed E-state index contributed by atoms with van der Waals surface area (Å²) in [5.74, 6) is 2.07. The molecule has 74 valence electrons. The molecule has 0 saturated heterocycles. The van der Waals surface area contributed by atoms with Crippen LogP contribution in [0.5, 0.6) is 0 Å². The van der Waals surface area contributed by atoms with Crippen LogP contribution in [-0.4, -0.2) is 11.9 Å². The Bertz CT molecular complexity index is 202. The second kappa shape index (κ2) is 3.69. The first-order valence-corrected chi connectivity index (χ1v) is 5.60. The van der Waals surface area contributed by atoms with Crippen LogP contribution in [0.1, 0.15) is 45.4 Å². The summed E-state index contributed by atoms with van der Waals surface area (Å²) in [7, 11) is 0. The predicted octanol–water partition coefficient (Wildman–Crippen LogP) is 2.09. The van der Waals surface area contributed by atoms with Gasteiger partial charge in [0.05, 0.1) is 0 Å². The van der Waals surface area contributed by atoms with Gasteiger partial charge in [0.2, 0.25) is 5.91 Å². The molecule has 0 radical (unpaired) electrons. The topological polar surface area (TPSA) is 29.1 Å². The fourth-order valence-corrected chi connectivity index (χ4v) is 2.59. The van der Waals surface area contributed by atoms with Crippen molar-refractivity contribution >= 4 is 5.91 Å². The summed E-state index contributed by atoms with van der Waals surface area (Å²) in [6.45, 7) is 2.06. The molecule has 0 aromatic heterocycles. The van der Waals surface area contributed by atoms with Crippen LogP contribution in [0, 0.1) is 11.8 Å². The van der Waals surface area contributed by atoms with E-state index in [1.807, 2.05) is 0 Å². The normalized spacial score (nSPS) is 36.5. The Hall–Kier alpha value is -0.530. The third-order valence-electron chi connectivity index (χ3n) is 3.41. The summed E-state index contributed by atoms with van der Waals surface area (Å²) in [6.07, 6.45) is 6.98. The fraction of sp³-hybridized carbons (Fsp3) is 0.909. The average molecular weight is 181 g/mol. The van der Waals surface area contributed by atoms with Crippen molar-refractivity contribution in [2.24, 2.45) is 11.8 Å². The maximum atomic E-state index is 11.4. The largest absolute Gasteiger partial charge is 0.353 e. The number of nitrogens with one attached hydrogen (secondary N) is 1. The van der Waals surface area contributed by atoms with E-state index in [-0.39, 0.29) is 5.91 Å². The molecule has 1 unspecified atom stereocenters. The van der Waals surface area contributed by atoms with Gasteiger partial charge in [-0.25, -0.2) is 0 Å². The minimum Gasteiger partial charge on any atom is -0.353 e. The highest BCUT2D eigenvalue weighted by atomic mass is 16.1. The third kappa shape index (κ3) is 2.04. The number of hydrogen-bond donors (Lipinski definition) is 1. The van der Waals surface area contributed by atoms with Crippen LogP contribution < -0.4 is 5.32 Å². The number of hydrogen-bond acceptors (Lipinski definition) is 1. The monoisotopic (exact) mass is 181 g/mol. The highest BCUT2D eigenvalue weighted by molar-refractivity contribution is 5.76. The number of fused-ring (bicyclic) bond motifs is 1. The zero-order valence-corrected chi connectivity index (χ0v) is 8.38. The Labute approximate surface area is 80.1 Å². The van der Waals surface area contributed by atoms with Gasteiger partial charge >= 0.3 is 0 Å². The van der Waals surface area contributed by atoms with Crippen molar-refractivity contribution in [2.75, 3.05) is 0 Å². The van der Waals surface area contributed by atoms with Crippen molar-refractivity contribution in [1.29, 1.82) is 0 Å². The smallest absolute Gasteiger partial charge is 0.220 e. The van der Waals surface area contributed by atoms with Gasteiger partial charge in [0.1, 0.15) is 0 Å². The Morgan fingerprint density at radius 2 is 2.31 bits per heavy atom. The zero-order chi connectivity index (χ0) is 9.26. The molecule has 13 heavy (non-hydrogen) atoms. The Balaban J connectivity index is 1.77. The molecule has 2 aliphatic carbocycles. The van der Waals surface area contributed by atoms with Crippen LogP contribution >= 0.6 is 0 Å². The third-order valence-corrected chi connectivity index (χ3v) is 3.41. The van der Waals surface area contributed by atoms with Gasteiger partial charge in [-0.3, -0.25) is 4.79 Å². The molecule has 1 amide bonds. The molecule has 0 spiro atoms. The van der Waals surface area contributed by atoms with Gasteiger partial charge in [-0.05, 0) is 31.1 Å². The van der Waals surface area contributed by atoms with Crippen LogP contribution in [0.3, 0.4) is 0 Å². The number of carbonyl (C=O) groups excluding carboxylic acids is 1. The van der Waals surface area contributed by atoms with Crippen LogP contribution in [0.25, 0.3) is 0 Å². The van der Waals surface area contributed by atoms with Gasteiger partial charge in [0.25, 0.3) is 0 Å². The second-order valence-electron chi connectivity index (χ2n) is 4.51. The number of carbonyl (C=O) groups is 1. The van der Waals surface area contributed by atoms with Crippen molar-refractivity contribution in [3.05, 3.63) is 0 Å². The lowest BCUT2D eigenvalue weighted by molar-refractivity contribution is -0.122. The SMILES string of the molecule is CCCC(=O)NC1CCC[C@H]2C[C@@H]12. The van der Waals surface area contributed by atoms with E-state index in [2.05, 4.69) is 12.2 Å². The number of rotatable bonds is 3. The highest BCUT2D eigenvalue weighted by Gasteiger charge is 2.45. The van der Waals surface area contributed by atoms with E-state index < -0.39 is 0 Å². The van der Waals surface area contributed by atoms with Crippen molar-refractivity contribution in [3.8, 4) is 0 Å². The summed E-state index contributed by atoms with van der Waals surface area (Å²) in [6, 6.07) is 0.526. The molecule has 2 rings (SSSR count). The van der Waals surface area contributed by atoms with E-state index in [1.54, 1.807) is 0 Å². The fourth-order valence-electron chi connectivity index (χ4n) is 2.59. The Morgan fingerprint density at radius 3 is 3.08 bits per heavy atom. The molecular weight excluding hydrogens is 162 g/mol. The quantitative estimate of drug-likeness (QED) is 0.709. The first-order chi connectivity index (χ1) is 6.31. The lowest BCUT2D eigenvalue weighted by Gasteiger charge is -2.22. The zero-order valence-electron chi connectivity index (χ0n) is 8.38. The molecule has 2 aliphatic rings. The summed E-state index contributed by atoms with van der Waals surface area (Å²) in [5.41, 5.74) is 0. The minimum atomic E-state index is 0.264. The summed E-state index contributed by atoms with van der Waals surface area (Å²) >= 11 is 0. The summed E-state index contributed by atoms with van der Waals surface area (Å²) < 4.78 is 0. The molecule has 2 fully saturated rings. The summed E-state index contributed by atoms with van der Waals surface area (Å²) in [4.78, 5) is 11.4. The van der Waals surface area contributed by atoms with Crippen molar-refractivity contribution in [2.45, 2.75) is 51.5 Å². The minimum absolute atomic E-state index is 0.264. The van der Waals surface area contributed by atoms with Crippen LogP contribution in [-0.2, 0) is 4.79 Å². The molecule has 0 heterocycles. The Morgan fingerprint density at radius 1 is 1.46 bits per heavy atom. The lowest BCUT2D eigenvalue weighted by Crippen LogP contribution is -2.38. The van der Waals surface area contributed by atoms with E-state index in [0.717, 1.165) is 18.3 Å². The van der Waals surface area contributed by atoms with Gasteiger partial charge in [0.15, 0.2) is 0 Å². The highest BCUT2D eigenvalue weighted by Crippen LogP contribution is 2.49. The lowest BCUT2D eigenvalue weighted by atomic mass is 9.95. The second-order valence-corrected chi connectivity index (χ2v) is 4.51. The molecule has 0 aromatic carbocycles. The molecule has 0 bridgehead atoms. The molecule has 2 heteroatoms. The average Bonchev–Trinajstić information content (AvgIpc) is 2.84. The first-order valence-electron chi connectivity index (χ1n) is 5.60. The van der Waals surface area contributed by atoms with Crippen LogP contribution in [0.4, 0.5) is 0 Å². The van der Waals surface area contributed by atoms with E-state index in [4.69, 9.17) is 0 Å². The van der Waals surface area contributed by atoms with E-state index >= 15 is 0 Å². The van der Waals surface area contributed by atoms with Gasteiger partial charge in [-0.15, -0.1) is 0 Å². The Kier molecular flexibility index (Phi) is 2.56. The van der Waals surface area contributed by atoms with Gasteiger partial charge < -0.3 is 5.32 Å². The molecule has 1 N–H and O–H groups in total. The molecule has 3 atom stereocenters. The molecule has 2 nitrogen and oxygen atoms in total. The van der Waals surface area contributed by atoms with Crippen molar-refractivity contribution in [3.63, 3.8) is 0 Å². The molecule has 0 aromatic rings. The molecular formula is C11H19NO. The van der Waals surface area contributed by atoms with Gasteiger partial charge in [-0.1, -0.05) is 19.8 Å². The van der Waals surface area contributed by atoms with Gasteiger partial charge in [0, 0.05) is 12.5 Å². The number of amides is 1. The first kappa shape index (κ1) is 9.04. The van der Waals surface area contributed by atoms with E-state index in [0.29, 0.717) is 12.5 Å². The van der Waals surface area contributed by atoms with E-state index in [9.17, 15) is 4.79 Å². The van der Waals surface area contributed by atoms with E-state index in [1.165, 1.54) is 25.7 Å². The van der Waals surface area contributed by atoms with Crippen LogP contribution in [0.15, 0.2) is 0 Å². The molecule has 2 saturated carbocycles. The summed E-state index contributed by atoms with van der Waals surface area (Å²) in [5, 5.41) is 3.17. The maximum absolute atomic E-state index is 11.4. The van der Waals surface area contributed by atoms with Gasteiger partial charge in [-0.2, -0.15) is 0 Å². The van der Waals surface area contributed by atoms with Crippen molar-refractivity contribution in [1.82, 2.24) is 5.32 Å². The maximum Gasteiger partial charge on any atom is 0.220 e. The van der Waals surface area contributed by atoms with Crippen molar-refractivity contribution < 1.29 is 4.79 Å². The van der Waals surface area contributed by atoms with Crippen LogP contribution in [0.2, 0.25) is 0 Å². The standard InChI is InChI=1S/C11H19NO/c1-2-4-11(13)12-10-6-3-5-8-7-9(8)10/h8-10H,2-7H2,1H3,(H,12,13)/t8-,9+,10?/m0/s1. The predicted molar refractivity (Wildman–Crippen MR) is 52.3 cm³/mol. The molecule has 0 aliphatic heterocycles.